The number of hydrogen-bond donors (Lipinski definition) is 1. The van der Waals surface area contributed by atoms with Crippen LogP contribution in [0.5, 0.6) is 23.0 Å². The molecule has 50 heavy (non-hydrogen) atoms. The lowest BCUT2D eigenvalue weighted by atomic mass is 9.99. The average Bonchev–Trinajstić information content (AvgIpc) is 3.61. The molecule has 7 rings (SSSR count). The molecule has 1 amide bonds. The van der Waals surface area contributed by atoms with E-state index in [1.807, 2.05) is 0 Å². The van der Waals surface area contributed by atoms with Gasteiger partial charge in [-0.1, -0.05) is 19.1 Å². The van der Waals surface area contributed by atoms with Crippen LogP contribution >= 0.6 is 0 Å². The quantitative estimate of drug-likeness (QED) is 0.139. The topological polar surface area (TPSA) is 103 Å². The zero-order valence-electron chi connectivity index (χ0n) is 27.7. The number of piperidine rings is 1. The van der Waals surface area contributed by atoms with Crippen molar-refractivity contribution in [3.8, 4) is 34.3 Å². The molecule has 0 atom stereocenters. The Bertz CT molecular complexity index is 2170. The van der Waals surface area contributed by atoms with Gasteiger partial charge in [0.25, 0.3) is 5.91 Å². The molecule has 3 aromatic carbocycles. The van der Waals surface area contributed by atoms with E-state index in [0.29, 0.717) is 46.1 Å². The molecule has 256 valence electrons. The molecule has 6 aromatic rings. The first kappa shape index (κ1) is 32.9. The number of likely N-dealkylation sites (tertiary alicyclic amines) is 1. The second-order valence-electron chi connectivity index (χ2n) is 12.4. The Balaban J connectivity index is 1.05. The molecule has 0 saturated carbocycles. The number of rotatable bonds is 11. The second kappa shape index (κ2) is 14.5. The van der Waals surface area contributed by atoms with Crippen LogP contribution in [0.3, 0.4) is 0 Å². The smallest absolute Gasteiger partial charge is 0.274 e. The molecule has 1 aliphatic rings. The Morgan fingerprint density at radius 3 is 2.56 bits per heavy atom. The Kier molecular flexibility index (Phi) is 9.52. The molecule has 10 nitrogen and oxygen atoms in total. The van der Waals surface area contributed by atoms with E-state index in [1.54, 1.807) is 55.8 Å². The maximum absolute atomic E-state index is 15.4. The van der Waals surface area contributed by atoms with Crippen molar-refractivity contribution < 1.29 is 27.8 Å². The standard InChI is InChI=1S/C38H36F2N6O4/c1-24-12-17-45(18-13-24)16-5-19-49-36-23-30-27(21-35(36)48-2)33(10-14-41-30)50-34-9-8-25(20-29(34)40)43-38(47)31-22-32(26-6-3-4-7-28(26)39)46-37(44-31)11-15-42-46/h3-4,6-11,14-15,20-24H,5,12-13,16-19H2,1-2H3,(H,43,47). The SMILES string of the molecule is COc1cc2c(Oc3ccc(NC(=O)c4cc(-c5ccccc5F)n5nccc5n4)cc3F)ccnc2cc1OCCCN1CCC(C)CC1. The Morgan fingerprint density at radius 2 is 1.76 bits per heavy atom. The predicted octanol–water partition coefficient (Wildman–Crippen LogP) is 7.78. The van der Waals surface area contributed by atoms with Gasteiger partial charge in [-0.2, -0.15) is 5.10 Å². The monoisotopic (exact) mass is 678 g/mol. The van der Waals surface area contributed by atoms with Gasteiger partial charge in [0.1, 0.15) is 17.3 Å². The summed E-state index contributed by atoms with van der Waals surface area (Å²) in [6, 6.07) is 18.5. The van der Waals surface area contributed by atoms with Gasteiger partial charge in [0.15, 0.2) is 28.7 Å². The summed E-state index contributed by atoms with van der Waals surface area (Å²) in [5.41, 5.74) is 1.75. The van der Waals surface area contributed by atoms with E-state index in [4.69, 9.17) is 14.2 Å². The first-order valence-corrected chi connectivity index (χ1v) is 16.6. The molecule has 0 bridgehead atoms. The molecule has 4 heterocycles. The molecule has 1 aliphatic heterocycles. The van der Waals surface area contributed by atoms with Gasteiger partial charge in [0, 0.05) is 47.6 Å². The lowest BCUT2D eigenvalue weighted by Gasteiger charge is -2.30. The summed E-state index contributed by atoms with van der Waals surface area (Å²) in [6.07, 6.45) is 6.46. The summed E-state index contributed by atoms with van der Waals surface area (Å²) >= 11 is 0. The average molecular weight is 679 g/mol. The van der Waals surface area contributed by atoms with Crippen molar-refractivity contribution in [1.82, 2.24) is 24.5 Å². The van der Waals surface area contributed by atoms with Crippen molar-refractivity contribution in [3.05, 3.63) is 103 Å². The van der Waals surface area contributed by atoms with Gasteiger partial charge in [-0.05, 0) is 80.7 Å². The van der Waals surface area contributed by atoms with Crippen LogP contribution in [0.15, 0.2) is 85.2 Å². The van der Waals surface area contributed by atoms with E-state index in [9.17, 15) is 9.18 Å². The van der Waals surface area contributed by atoms with E-state index in [1.165, 1.54) is 47.8 Å². The van der Waals surface area contributed by atoms with Gasteiger partial charge in [-0.15, -0.1) is 0 Å². The number of hydrogen-bond acceptors (Lipinski definition) is 8. The third-order valence-electron chi connectivity index (χ3n) is 8.89. The van der Waals surface area contributed by atoms with E-state index < -0.39 is 17.5 Å². The number of carbonyl (C=O) groups is 1. The number of anilines is 1. The van der Waals surface area contributed by atoms with Crippen LogP contribution in [-0.4, -0.2) is 63.7 Å². The first-order valence-electron chi connectivity index (χ1n) is 16.6. The zero-order valence-corrected chi connectivity index (χ0v) is 27.7. The number of amides is 1. The fourth-order valence-corrected chi connectivity index (χ4v) is 6.11. The summed E-state index contributed by atoms with van der Waals surface area (Å²) in [4.78, 5) is 24.6. The number of nitrogens with zero attached hydrogens (tertiary/aromatic N) is 5. The minimum atomic E-state index is -0.700. The lowest BCUT2D eigenvalue weighted by molar-refractivity contribution is 0.102. The van der Waals surface area contributed by atoms with Crippen molar-refractivity contribution in [2.75, 3.05) is 38.7 Å². The van der Waals surface area contributed by atoms with Crippen molar-refractivity contribution in [2.24, 2.45) is 5.92 Å². The van der Waals surface area contributed by atoms with Crippen molar-refractivity contribution in [1.29, 1.82) is 0 Å². The van der Waals surface area contributed by atoms with Crippen LogP contribution in [0.2, 0.25) is 0 Å². The predicted molar refractivity (Wildman–Crippen MR) is 186 cm³/mol. The molecular formula is C38H36F2N6O4. The number of carbonyl (C=O) groups excluding carboxylic acids is 1. The number of benzene rings is 3. The van der Waals surface area contributed by atoms with Crippen LogP contribution in [0.1, 0.15) is 36.7 Å². The van der Waals surface area contributed by atoms with Crippen molar-refractivity contribution >= 4 is 28.1 Å². The summed E-state index contributed by atoms with van der Waals surface area (Å²) in [5, 5.41) is 7.50. The third-order valence-corrected chi connectivity index (χ3v) is 8.89. The number of nitrogens with one attached hydrogen (secondary N) is 1. The minimum Gasteiger partial charge on any atom is -0.493 e. The van der Waals surface area contributed by atoms with Crippen molar-refractivity contribution in [3.63, 3.8) is 0 Å². The number of methoxy groups -OCH3 is 1. The van der Waals surface area contributed by atoms with Crippen LogP contribution in [0, 0.1) is 17.6 Å². The third kappa shape index (κ3) is 7.06. The van der Waals surface area contributed by atoms with E-state index in [0.717, 1.165) is 38.0 Å². The molecule has 0 unspecified atom stereocenters. The summed E-state index contributed by atoms with van der Waals surface area (Å²) in [6.45, 7) is 6.10. The molecule has 3 aromatic heterocycles. The van der Waals surface area contributed by atoms with Gasteiger partial charge in [-0.25, -0.2) is 18.3 Å². The highest BCUT2D eigenvalue weighted by molar-refractivity contribution is 6.03. The minimum absolute atomic E-state index is 0.00852. The molecule has 0 radical (unpaired) electrons. The molecule has 1 N–H and O–H groups in total. The summed E-state index contributed by atoms with van der Waals surface area (Å²) < 4.78 is 49.3. The normalized spacial score (nSPS) is 13.8. The van der Waals surface area contributed by atoms with Crippen LogP contribution < -0.4 is 19.5 Å². The Hall–Kier alpha value is -5.62. The maximum Gasteiger partial charge on any atom is 0.274 e. The molecule has 12 heteroatoms. The zero-order chi connectivity index (χ0) is 34.6. The molecule has 0 aliphatic carbocycles. The van der Waals surface area contributed by atoms with Crippen molar-refractivity contribution in [2.45, 2.75) is 26.2 Å². The number of ether oxygens (including phenoxy) is 3. The molecular weight excluding hydrogens is 642 g/mol. The second-order valence-corrected chi connectivity index (χ2v) is 12.4. The Labute approximate surface area is 287 Å². The van der Waals surface area contributed by atoms with E-state index in [-0.39, 0.29) is 22.7 Å². The largest absolute Gasteiger partial charge is 0.493 e. The first-order chi connectivity index (χ1) is 24.4. The fourth-order valence-electron chi connectivity index (χ4n) is 6.11. The van der Waals surface area contributed by atoms with Gasteiger partial charge >= 0.3 is 0 Å². The molecule has 1 saturated heterocycles. The summed E-state index contributed by atoms with van der Waals surface area (Å²) in [5.74, 6) is 0.429. The van der Waals surface area contributed by atoms with E-state index in [2.05, 4.69) is 32.2 Å². The summed E-state index contributed by atoms with van der Waals surface area (Å²) in [7, 11) is 1.57. The highest BCUT2D eigenvalue weighted by Gasteiger charge is 2.19. The number of pyridine rings is 1. The Morgan fingerprint density at radius 1 is 0.920 bits per heavy atom. The number of fused-ring (bicyclic) bond motifs is 2. The highest BCUT2D eigenvalue weighted by Crippen LogP contribution is 2.38. The highest BCUT2D eigenvalue weighted by atomic mass is 19.1. The molecule has 1 fully saturated rings. The number of halogens is 2. The number of aromatic nitrogens is 4. The van der Waals surface area contributed by atoms with Crippen LogP contribution in [-0.2, 0) is 0 Å². The van der Waals surface area contributed by atoms with Gasteiger partial charge in [0.2, 0.25) is 0 Å². The lowest BCUT2D eigenvalue weighted by Crippen LogP contribution is -2.34. The fraction of sp³-hybridized carbons (Fsp3) is 0.263. The van der Waals surface area contributed by atoms with Crippen LogP contribution in [0.25, 0.3) is 27.8 Å². The van der Waals surface area contributed by atoms with Gasteiger partial charge < -0.3 is 24.4 Å². The van der Waals surface area contributed by atoms with E-state index >= 15 is 4.39 Å². The molecule has 0 spiro atoms. The maximum atomic E-state index is 15.4. The van der Waals surface area contributed by atoms with Crippen LogP contribution in [0.4, 0.5) is 14.5 Å². The van der Waals surface area contributed by atoms with Gasteiger partial charge in [0.05, 0.1) is 31.1 Å². The van der Waals surface area contributed by atoms with Gasteiger partial charge in [-0.3, -0.25) is 9.78 Å².